The lowest BCUT2D eigenvalue weighted by Gasteiger charge is -2.07. The molecule has 1 N–H and O–H groups in total. The summed E-state index contributed by atoms with van der Waals surface area (Å²) in [4.78, 5) is 23.8. The summed E-state index contributed by atoms with van der Waals surface area (Å²) in [5.41, 5.74) is 4.44. The van der Waals surface area contributed by atoms with Crippen LogP contribution < -0.4 is 10.1 Å². The lowest BCUT2D eigenvalue weighted by molar-refractivity contribution is -0.110. The van der Waals surface area contributed by atoms with Gasteiger partial charge < -0.3 is 14.8 Å². The van der Waals surface area contributed by atoms with Crippen molar-refractivity contribution in [3.63, 3.8) is 0 Å². The molecule has 1 aliphatic heterocycles. The fourth-order valence-corrected chi connectivity index (χ4v) is 3.32. The topological polar surface area (TPSA) is 64.6 Å². The number of benzene rings is 3. The standard InChI is InChI=1S/C24H18ClNO4/c1-29-24(28)17-6-2-16(3-7-17)14-30-19-9-4-15(5-10-19)12-21-20-13-18(25)8-11-22(20)26-23(21)27/h2-13H,14H2,1H3,(H,26,27)/b21-12+. The first kappa shape index (κ1) is 19.7. The average Bonchev–Trinajstić information content (AvgIpc) is 3.07. The molecule has 4 rings (SSSR count). The van der Waals surface area contributed by atoms with Crippen LogP contribution in [0.1, 0.15) is 27.0 Å². The molecule has 0 radical (unpaired) electrons. The first-order chi connectivity index (χ1) is 14.5. The van der Waals surface area contributed by atoms with Crippen molar-refractivity contribution < 1.29 is 19.1 Å². The van der Waals surface area contributed by atoms with Crippen molar-refractivity contribution in [3.8, 4) is 5.75 Å². The zero-order valence-electron chi connectivity index (χ0n) is 16.1. The molecule has 1 amide bonds. The number of ether oxygens (including phenoxy) is 2. The van der Waals surface area contributed by atoms with Crippen molar-refractivity contribution in [2.24, 2.45) is 0 Å². The van der Waals surface area contributed by atoms with Crippen molar-refractivity contribution in [2.45, 2.75) is 6.61 Å². The number of hydrogen-bond donors (Lipinski definition) is 1. The Kier molecular flexibility index (Phi) is 5.55. The molecule has 0 aromatic heterocycles. The Hall–Kier alpha value is -3.57. The first-order valence-electron chi connectivity index (χ1n) is 9.26. The van der Waals surface area contributed by atoms with Gasteiger partial charge in [-0.3, -0.25) is 4.79 Å². The van der Waals surface area contributed by atoms with Gasteiger partial charge in [-0.1, -0.05) is 35.9 Å². The van der Waals surface area contributed by atoms with Crippen LogP contribution in [-0.4, -0.2) is 19.0 Å². The highest BCUT2D eigenvalue weighted by atomic mass is 35.5. The van der Waals surface area contributed by atoms with Gasteiger partial charge in [-0.15, -0.1) is 0 Å². The zero-order valence-corrected chi connectivity index (χ0v) is 16.9. The molecule has 3 aromatic carbocycles. The Labute approximate surface area is 178 Å². The molecule has 5 nitrogen and oxygen atoms in total. The highest BCUT2D eigenvalue weighted by Crippen LogP contribution is 2.35. The summed E-state index contributed by atoms with van der Waals surface area (Å²) in [7, 11) is 1.35. The number of amides is 1. The predicted octanol–water partition coefficient (Wildman–Crippen LogP) is 5.20. The number of nitrogens with one attached hydrogen (secondary N) is 1. The number of methoxy groups -OCH3 is 1. The van der Waals surface area contributed by atoms with Crippen molar-refractivity contribution in [2.75, 3.05) is 12.4 Å². The van der Waals surface area contributed by atoms with E-state index in [9.17, 15) is 9.59 Å². The van der Waals surface area contributed by atoms with Crippen LogP contribution in [0.4, 0.5) is 5.69 Å². The van der Waals surface area contributed by atoms with E-state index in [-0.39, 0.29) is 11.9 Å². The van der Waals surface area contributed by atoms with E-state index in [4.69, 9.17) is 16.3 Å². The van der Waals surface area contributed by atoms with Gasteiger partial charge in [0.2, 0.25) is 0 Å². The van der Waals surface area contributed by atoms with Gasteiger partial charge in [0.25, 0.3) is 5.91 Å². The normalized spacial score (nSPS) is 13.7. The summed E-state index contributed by atoms with van der Waals surface area (Å²) in [6, 6.07) is 19.9. The molecule has 150 valence electrons. The van der Waals surface area contributed by atoms with Crippen LogP contribution in [0.3, 0.4) is 0 Å². The summed E-state index contributed by atoms with van der Waals surface area (Å²) in [6.07, 6.45) is 1.83. The third-order valence-electron chi connectivity index (χ3n) is 4.74. The third kappa shape index (κ3) is 4.21. The van der Waals surface area contributed by atoms with Crippen LogP contribution in [0.5, 0.6) is 5.75 Å². The number of rotatable bonds is 5. The summed E-state index contributed by atoms with van der Waals surface area (Å²) in [5.74, 6) is 0.185. The molecule has 0 unspecified atom stereocenters. The Balaban J connectivity index is 1.44. The summed E-state index contributed by atoms with van der Waals surface area (Å²) < 4.78 is 10.5. The maximum atomic E-state index is 12.3. The highest BCUT2D eigenvalue weighted by Gasteiger charge is 2.24. The molecule has 6 heteroatoms. The monoisotopic (exact) mass is 419 g/mol. The SMILES string of the molecule is COC(=O)c1ccc(COc2ccc(/C=C3/C(=O)Nc4ccc(Cl)cc43)cc2)cc1. The first-order valence-corrected chi connectivity index (χ1v) is 9.64. The molecule has 0 saturated heterocycles. The van der Waals surface area contributed by atoms with Gasteiger partial charge in [0.05, 0.1) is 12.7 Å². The van der Waals surface area contributed by atoms with E-state index >= 15 is 0 Å². The Morgan fingerprint density at radius 3 is 2.47 bits per heavy atom. The number of halogens is 1. The van der Waals surface area contributed by atoms with Gasteiger partial charge in [0.15, 0.2) is 0 Å². The molecule has 1 heterocycles. The molecular formula is C24H18ClNO4. The molecule has 0 bridgehead atoms. The van der Waals surface area contributed by atoms with Crippen LogP contribution in [0.15, 0.2) is 66.7 Å². The number of anilines is 1. The zero-order chi connectivity index (χ0) is 21.1. The van der Waals surface area contributed by atoms with E-state index in [2.05, 4.69) is 10.1 Å². The second kappa shape index (κ2) is 8.43. The van der Waals surface area contributed by atoms with Crippen LogP contribution in [0.25, 0.3) is 11.6 Å². The second-order valence-corrected chi connectivity index (χ2v) is 7.18. The fourth-order valence-electron chi connectivity index (χ4n) is 3.15. The molecule has 0 saturated carbocycles. The minimum Gasteiger partial charge on any atom is -0.489 e. The van der Waals surface area contributed by atoms with Crippen molar-refractivity contribution >= 4 is 40.8 Å². The number of hydrogen-bond acceptors (Lipinski definition) is 4. The van der Waals surface area contributed by atoms with Gasteiger partial charge in [-0.25, -0.2) is 4.79 Å². The maximum absolute atomic E-state index is 12.3. The lowest BCUT2D eigenvalue weighted by Crippen LogP contribution is -2.03. The molecule has 30 heavy (non-hydrogen) atoms. The van der Waals surface area contributed by atoms with Gasteiger partial charge in [0, 0.05) is 21.8 Å². The quantitative estimate of drug-likeness (QED) is 0.456. The van der Waals surface area contributed by atoms with Crippen LogP contribution in [0.2, 0.25) is 5.02 Å². The number of esters is 1. The molecule has 0 fully saturated rings. The van der Waals surface area contributed by atoms with Gasteiger partial charge in [-0.2, -0.15) is 0 Å². The lowest BCUT2D eigenvalue weighted by atomic mass is 10.0. The van der Waals surface area contributed by atoms with Crippen molar-refractivity contribution in [1.82, 2.24) is 0 Å². The van der Waals surface area contributed by atoms with E-state index in [0.717, 1.165) is 22.4 Å². The van der Waals surface area contributed by atoms with Gasteiger partial charge in [0.1, 0.15) is 12.4 Å². The second-order valence-electron chi connectivity index (χ2n) is 6.75. The Morgan fingerprint density at radius 2 is 1.77 bits per heavy atom. The summed E-state index contributed by atoms with van der Waals surface area (Å²) >= 11 is 6.07. The summed E-state index contributed by atoms with van der Waals surface area (Å²) in [5, 5.41) is 3.42. The van der Waals surface area contributed by atoms with Crippen LogP contribution in [-0.2, 0) is 16.1 Å². The van der Waals surface area contributed by atoms with Gasteiger partial charge in [-0.05, 0) is 59.7 Å². The van der Waals surface area contributed by atoms with Crippen molar-refractivity contribution in [3.05, 3.63) is 94.0 Å². The maximum Gasteiger partial charge on any atom is 0.337 e. The molecule has 3 aromatic rings. The number of carbonyl (C=O) groups is 2. The largest absolute Gasteiger partial charge is 0.489 e. The minimum atomic E-state index is -0.368. The molecular weight excluding hydrogens is 402 g/mol. The Morgan fingerprint density at radius 1 is 1.03 bits per heavy atom. The minimum absolute atomic E-state index is 0.150. The van der Waals surface area contributed by atoms with E-state index in [1.54, 1.807) is 30.3 Å². The van der Waals surface area contributed by atoms with Gasteiger partial charge >= 0.3 is 5.97 Å². The third-order valence-corrected chi connectivity index (χ3v) is 4.97. The Bertz CT molecular complexity index is 1130. The fraction of sp³-hybridized carbons (Fsp3) is 0.0833. The van der Waals surface area contributed by atoms with E-state index in [0.29, 0.717) is 28.5 Å². The highest BCUT2D eigenvalue weighted by molar-refractivity contribution is 6.36. The van der Waals surface area contributed by atoms with E-state index < -0.39 is 0 Å². The van der Waals surface area contributed by atoms with Crippen LogP contribution >= 0.6 is 11.6 Å². The number of carbonyl (C=O) groups excluding carboxylic acids is 2. The number of fused-ring (bicyclic) bond motifs is 1. The average molecular weight is 420 g/mol. The van der Waals surface area contributed by atoms with Crippen LogP contribution in [0, 0.1) is 0 Å². The van der Waals surface area contributed by atoms with E-state index in [1.807, 2.05) is 42.5 Å². The molecule has 0 atom stereocenters. The summed E-state index contributed by atoms with van der Waals surface area (Å²) in [6.45, 7) is 0.371. The van der Waals surface area contributed by atoms with Crippen molar-refractivity contribution in [1.29, 1.82) is 0 Å². The molecule has 1 aliphatic rings. The smallest absolute Gasteiger partial charge is 0.337 e. The molecule has 0 aliphatic carbocycles. The molecule has 0 spiro atoms. The predicted molar refractivity (Wildman–Crippen MR) is 117 cm³/mol. The van der Waals surface area contributed by atoms with E-state index in [1.165, 1.54) is 7.11 Å².